The van der Waals surface area contributed by atoms with Crippen LogP contribution in [0.4, 0.5) is 4.39 Å². The van der Waals surface area contributed by atoms with Gasteiger partial charge in [-0.2, -0.15) is 0 Å². The normalized spacial score (nSPS) is 11.2. The lowest BCUT2D eigenvalue weighted by Crippen LogP contribution is -2.32. The molecule has 0 aliphatic carbocycles. The van der Waals surface area contributed by atoms with Crippen molar-refractivity contribution in [3.05, 3.63) is 35.6 Å². The van der Waals surface area contributed by atoms with Crippen molar-refractivity contribution in [1.29, 1.82) is 0 Å². The van der Waals surface area contributed by atoms with Crippen molar-refractivity contribution in [3.8, 4) is 0 Å². The molecule has 0 aliphatic rings. The first-order chi connectivity index (χ1) is 10.3. The lowest BCUT2D eigenvalue weighted by Gasteiger charge is -2.05. The summed E-state index contributed by atoms with van der Waals surface area (Å²) in [7, 11) is -2.03. The van der Waals surface area contributed by atoms with E-state index in [2.05, 4.69) is 10.0 Å². The maximum absolute atomic E-state index is 12.7. The van der Waals surface area contributed by atoms with Crippen LogP contribution in [0.2, 0.25) is 0 Å². The van der Waals surface area contributed by atoms with Crippen molar-refractivity contribution in [2.24, 2.45) is 0 Å². The van der Waals surface area contributed by atoms with Crippen molar-refractivity contribution < 1.29 is 22.4 Å². The van der Waals surface area contributed by atoms with E-state index in [1.165, 1.54) is 31.3 Å². The average molecular weight is 330 g/mol. The van der Waals surface area contributed by atoms with Gasteiger partial charge in [0.1, 0.15) is 5.82 Å². The monoisotopic (exact) mass is 330 g/mol. The van der Waals surface area contributed by atoms with E-state index in [0.29, 0.717) is 12.0 Å². The molecule has 22 heavy (non-hydrogen) atoms. The Kier molecular flexibility index (Phi) is 7.13. The molecule has 6 nitrogen and oxygen atoms in total. The topological polar surface area (TPSA) is 92.3 Å². The van der Waals surface area contributed by atoms with Gasteiger partial charge in [0.25, 0.3) is 0 Å². The van der Waals surface area contributed by atoms with Gasteiger partial charge in [-0.3, -0.25) is 9.59 Å². The minimum Gasteiger partial charge on any atom is -0.355 e. The minimum atomic E-state index is -3.34. The number of benzene rings is 1. The van der Waals surface area contributed by atoms with Gasteiger partial charge >= 0.3 is 0 Å². The Balaban J connectivity index is 2.25. The first-order valence-electron chi connectivity index (χ1n) is 6.81. The summed E-state index contributed by atoms with van der Waals surface area (Å²) in [5.41, 5.74) is 0.405. The zero-order valence-electron chi connectivity index (χ0n) is 12.3. The molecule has 2 N–H and O–H groups in total. The zero-order valence-corrected chi connectivity index (χ0v) is 13.1. The van der Waals surface area contributed by atoms with Crippen LogP contribution >= 0.6 is 0 Å². The number of rotatable bonds is 9. The number of nitrogens with one attached hydrogen (secondary N) is 2. The van der Waals surface area contributed by atoms with Crippen molar-refractivity contribution in [3.63, 3.8) is 0 Å². The number of Topliss-reactive ketones (excluding diaryl/α,β-unsaturated/α-hetero) is 1. The number of amides is 1. The third-order valence-corrected chi connectivity index (χ3v) is 4.34. The molecule has 1 amide bonds. The number of halogens is 1. The van der Waals surface area contributed by atoms with Crippen molar-refractivity contribution >= 4 is 21.7 Å². The highest BCUT2D eigenvalue weighted by Crippen LogP contribution is 2.08. The molecule has 0 unspecified atom stereocenters. The Labute approximate surface area is 129 Å². The number of carbonyl (C=O) groups excluding carboxylic acids is 2. The summed E-state index contributed by atoms with van der Waals surface area (Å²) in [4.78, 5) is 23.3. The van der Waals surface area contributed by atoms with Gasteiger partial charge in [0, 0.05) is 24.9 Å². The molecule has 0 radical (unpaired) electrons. The number of sulfonamides is 1. The maximum Gasteiger partial charge on any atom is 0.220 e. The van der Waals surface area contributed by atoms with E-state index in [4.69, 9.17) is 0 Å². The largest absolute Gasteiger partial charge is 0.355 e. The summed E-state index contributed by atoms with van der Waals surface area (Å²) in [6.45, 7) is 0.0217. The second-order valence-electron chi connectivity index (χ2n) is 4.66. The quantitative estimate of drug-likeness (QED) is 0.656. The van der Waals surface area contributed by atoms with Crippen LogP contribution in [-0.2, 0) is 14.8 Å². The molecule has 0 atom stereocenters. The second kappa shape index (κ2) is 8.60. The molecule has 0 saturated carbocycles. The number of hydrogen-bond donors (Lipinski definition) is 2. The molecule has 0 fully saturated rings. The lowest BCUT2D eigenvalue weighted by molar-refractivity contribution is -0.121. The fourth-order valence-electron chi connectivity index (χ4n) is 1.70. The fraction of sp³-hybridized carbons (Fsp3) is 0.429. The number of hydrogen-bond acceptors (Lipinski definition) is 4. The molecule has 0 bridgehead atoms. The van der Waals surface area contributed by atoms with Crippen LogP contribution < -0.4 is 10.0 Å². The van der Waals surface area contributed by atoms with Gasteiger partial charge in [0.2, 0.25) is 15.9 Å². The van der Waals surface area contributed by atoms with Crippen molar-refractivity contribution in [1.82, 2.24) is 10.0 Å². The molecule has 1 aromatic carbocycles. The third-order valence-electron chi connectivity index (χ3n) is 2.98. The van der Waals surface area contributed by atoms with E-state index in [1.54, 1.807) is 0 Å². The Morgan fingerprint density at radius 1 is 1.14 bits per heavy atom. The van der Waals surface area contributed by atoms with E-state index in [1.807, 2.05) is 0 Å². The zero-order chi connectivity index (χ0) is 16.6. The summed E-state index contributed by atoms with van der Waals surface area (Å²) in [5.74, 6) is -1.07. The molecule has 1 rings (SSSR count). The standard InChI is InChI=1S/C14H19FN2O4S/c1-16-22(20,21)10-9-17-14(19)4-2-3-13(18)11-5-7-12(15)8-6-11/h5-8,16H,2-4,9-10H2,1H3,(H,17,19). The summed E-state index contributed by atoms with van der Waals surface area (Å²) in [5, 5.41) is 2.48. The Hall–Kier alpha value is -1.80. The smallest absolute Gasteiger partial charge is 0.220 e. The average Bonchev–Trinajstić information content (AvgIpc) is 2.47. The van der Waals surface area contributed by atoms with E-state index in [9.17, 15) is 22.4 Å². The summed E-state index contributed by atoms with van der Waals surface area (Å²) >= 11 is 0. The molecule has 1 aromatic rings. The Bertz CT molecular complexity index is 614. The van der Waals surface area contributed by atoms with Gasteiger partial charge in [0.15, 0.2) is 5.78 Å². The summed E-state index contributed by atoms with van der Waals surface area (Å²) in [6, 6.07) is 5.23. The number of carbonyl (C=O) groups is 2. The van der Waals surface area contributed by atoms with E-state index in [0.717, 1.165) is 0 Å². The highest BCUT2D eigenvalue weighted by atomic mass is 32.2. The van der Waals surface area contributed by atoms with Gasteiger partial charge in [-0.25, -0.2) is 17.5 Å². The van der Waals surface area contributed by atoms with Crippen LogP contribution in [-0.4, -0.2) is 39.5 Å². The van der Waals surface area contributed by atoms with Gasteiger partial charge in [0.05, 0.1) is 5.75 Å². The molecule has 8 heteroatoms. The van der Waals surface area contributed by atoms with E-state index >= 15 is 0 Å². The highest BCUT2D eigenvalue weighted by Gasteiger charge is 2.10. The van der Waals surface area contributed by atoms with Crippen LogP contribution in [0, 0.1) is 5.82 Å². The van der Waals surface area contributed by atoms with Crippen LogP contribution in [0.15, 0.2) is 24.3 Å². The fourth-order valence-corrected chi connectivity index (χ4v) is 2.28. The van der Waals surface area contributed by atoms with Crippen molar-refractivity contribution in [2.45, 2.75) is 19.3 Å². The van der Waals surface area contributed by atoms with Crippen LogP contribution in [0.5, 0.6) is 0 Å². The highest BCUT2D eigenvalue weighted by molar-refractivity contribution is 7.89. The molecule has 0 heterocycles. The van der Waals surface area contributed by atoms with Gasteiger partial charge in [-0.15, -0.1) is 0 Å². The van der Waals surface area contributed by atoms with Gasteiger partial charge < -0.3 is 5.32 Å². The summed E-state index contributed by atoms with van der Waals surface area (Å²) < 4.78 is 37.1. The predicted molar refractivity (Wildman–Crippen MR) is 80.4 cm³/mol. The third kappa shape index (κ3) is 6.77. The molecular formula is C14H19FN2O4S. The molecule has 0 saturated heterocycles. The van der Waals surface area contributed by atoms with Gasteiger partial charge in [-0.05, 0) is 37.7 Å². The van der Waals surface area contributed by atoms with Gasteiger partial charge in [-0.1, -0.05) is 0 Å². The van der Waals surface area contributed by atoms with Crippen LogP contribution in [0.25, 0.3) is 0 Å². The molecule has 122 valence electrons. The van der Waals surface area contributed by atoms with E-state index in [-0.39, 0.29) is 36.8 Å². The second-order valence-corrected chi connectivity index (χ2v) is 6.70. The van der Waals surface area contributed by atoms with E-state index < -0.39 is 15.8 Å². The minimum absolute atomic E-state index is 0.0217. The molecule has 0 aliphatic heterocycles. The maximum atomic E-state index is 12.7. The molecule has 0 aromatic heterocycles. The first kappa shape index (κ1) is 18.2. The van der Waals surface area contributed by atoms with Crippen LogP contribution in [0.1, 0.15) is 29.6 Å². The predicted octanol–water partition coefficient (Wildman–Crippen LogP) is 0.844. The Morgan fingerprint density at radius 2 is 1.77 bits per heavy atom. The molecule has 0 spiro atoms. The Morgan fingerprint density at radius 3 is 2.36 bits per heavy atom. The SMILES string of the molecule is CNS(=O)(=O)CCNC(=O)CCCC(=O)c1ccc(F)cc1. The first-order valence-corrected chi connectivity index (χ1v) is 8.46. The van der Waals surface area contributed by atoms with Crippen LogP contribution in [0.3, 0.4) is 0 Å². The lowest BCUT2D eigenvalue weighted by atomic mass is 10.1. The summed E-state index contributed by atoms with van der Waals surface area (Å²) in [6.07, 6.45) is 0.654. The molecular weight excluding hydrogens is 311 g/mol. The van der Waals surface area contributed by atoms with Crippen molar-refractivity contribution in [2.75, 3.05) is 19.3 Å². The number of ketones is 1.